The molecule has 1 saturated heterocycles. The van der Waals surface area contributed by atoms with Gasteiger partial charge in [-0.25, -0.2) is 5.01 Å². The molecule has 2 rings (SSSR count). The van der Waals surface area contributed by atoms with E-state index in [0.717, 1.165) is 13.0 Å². The number of amides is 1. The van der Waals surface area contributed by atoms with Crippen LogP contribution in [0.1, 0.15) is 36.9 Å². The third-order valence-electron chi connectivity index (χ3n) is 2.95. The van der Waals surface area contributed by atoms with Gasteiger partial charge < -0.3 is 0 Å². The minimum absolute atomic E-state index is 0.124. The highest BCUT2D eigenvalue weighted by Crippen LogP contribution is 2.27. The molecule has 3 nitrogen and oxygen atoms in total. The molecule has 0 saturated carbocycles. The van der Waals surface area contributed by atoms with Crippen LogP contribution in [0.2, 0.25) is 0 Å². The maximum atomic E-state index is 11.4. The summed E-state index contributed by atoms with van der Waals surface area (Å²) in [4.78, 5) is 11.4. The molecule has 1 aliphatic heterocycles. The van der Waals surface area contributed by atoms with Crippen LogP contribution in [0.4, 0.5) is 0 Å². The van der Waals surface area contributed by atoms with Crippen LogP contribution in [-0.2, 0) is 4.79 Å². The molecule has 1 aliphatic rings. The van der Waals surface area contributed by atoms with Crippen LogP contribution in [0.5, 0.6) is 0 Å². The first-order valence-electron chi connectivity index (χ1n) is 5.83. The van der Waals surface area contributed by atoms with E-state index in [0.29, 0.717) is 6.42 Å². The van der Waals surface area contributed by atoms with Gasteiger partial charge in [0.05, 0.1) is 6.04 Å². The van der Waals surface area contributed by atoms with Crippen molar-refractivity contribution in [3.8, 4) is 0 Å². The summed E-state index contributed by atoms with van der Waals surface area (Å²) in [5.41, 5.74) is 5.39. The second kappa shape index (κ2) is 4.66. The molecule has 1 N–H and O–H groups in total. The molecule has 1 aromatic carbocycles. The zero-order valence-electron chi connectivity index (χ0n) is 9.86. The van der Waals surface area contributed by atoms with Gasteiger partial charge in [0.15, 0.2) is 0 Å². The lowest BCUT2D eigenvalue weighted by molar-refractivity contribution is -0.121. The van der Waals surface area contributed by atoms with E-state index in [1.807, 2.05) is 5.01 Å². The van der Waals surface area contributed by atoms with Crippen molar-refractivity contribution in [1.29, 1.82) is 0 Å². The van der Waals surface area contributed by atoms with Crippen molar-refractivity contribution in [3.05, 3.63) is 35.4 Å². The molecule has 0 aromatic heterocycles. The summed E-state index contributed by atoms with van der Waals surface area (Å²) in [6.07, 6.45) is 1.62. The van der Waals surface area contributed by atoms with Crippen molar-refractivity contribution in [2.75, 3.05) is 6.54 Å². The number of benzene rings is 1. The Morgan fingerprint density at radius 1 is 1.38 bits per heavy atom. The Morgan fingerprint density at radius 2 is 2.06 bits per heavy atom. The van der Waals surface area contributed by atoms with Gasteiger partial charge in [-0.2, -0.15) is 0 Å². The topological polar surface area (TPSA) is 32.3 Å². The van der Waals surface area contributed by atoms with Gasteiger partial charge in [0.2, 0.25) is 5.91 Å². The van der Waals surface area contributed by atoms with Gasteiger partial charge in [0, 0.05) is 13.0 Å². The van der Waals surface area contributed by atoms with E-state index in [1.165, 1.54) is 11.1 Å². The number of hydrazine groups is 1. The van der Waals surface area contributed by atoms with Crippen LogP contribution in [-0.4, -0.2) is 17.5 Å². The number of carbonyl (C=O) groups is 1. The number of hydrogen-bond acceptors (Lipinski definition) is 2. The maximum absolute atomic E-state index is 11.4. The molecule has 1 unspecified atom stereocenters. The molecule has 0 spiro atoms. The predicted molar refractivity (Wildman–Crippen MR) is 63.7 cm³/mol. The third kappa shape index (κ3) is 2.25. The maximum Gasteiger partial charge on any atom is 0.236 e. The van der Waals surface area contributed by atoms with Gasteiger partial charge in [0.25, 0.3) is 0 Å². The monoisotopic (exact) mass is 218 g/mol. The van der Waals surface area contributed by atoms with E-state index in [2.05, 4.69) is 43.5 Å². The molecule has 0 bridgehead atoms. The fraction of sp³-hybridized carbons (Fsp3) is 0.462. The van der Waals surface area contributed by atoms with E-state index < -0.39 is 0 Å². The van der Waals surface area contributed by atoms with Crippen molar-refractivity contribution in [2.24, 2.45) is 0 Å². The Bertz CT molecular complexity index is 372. The fourth-order valence-corrected chi connectivity index (χ4v) is 2.11. The van der Waals surface area contributed by atoms with E-state index in [1.54, 1.807) is 0 Å². The van der Waals surface area contributed by atoms with E-state index in [4.69, 9.17) is 0 Å². The highest BCUT2D eigenvalue weighted by molar-refractivity contribution is 5.78. The highest BCUT2D eigenvalue weighted by atomic mass is 16.2. The predicted octanol–water partition coefficient (Wildman–Crippen LogP) is 2.18. The lowest BCUT2D eigenvalue weighted by Crippen LogP contribution is -2.35. The summed E-state index contributed by atoms with van der Waals surface area (Å²) < 4.78 is 0. The Labute approximate surface area is 96.4 Å². The minimum atomic E-state index is 0.124. The summed E-state index contributed by atoms with van der Waals surface area (Å²) in [5, 5.41) is 2.05. The first kappa shape index (κ1) is 11.1. The average Bonchev–Trinajstić information content (AvgIpc) is 2.61. The fourth-order valence-electron chi connectivity index (χ4n) is 2.11. The molecule has 0 radical (unpaired) electrons. The number of nitrogens with zero attached hydrogens (tertiary/aromatic N) is 1. The van der Waals surface area contributed by atoms with Gasteiger partial charge in [-0.1, -0.05) is 36.8 Å². The van der Waals surface area contributed by atoms with Crippen molar-refractivity contribution < 1.29 is 4.79 Å². The average molecular weight is 218 g/mol. The van der Waals surface area contributed by atoms with Gasteiger partial charge in [-0.05, 0) is 18.9 Å². The standard InChI is InChI=1S/C13H18N2O/c1-3-8-15-12(9-13(16)14-15)11-6-4-10(2)5-7-11/h4-7,12H,3,8-9H2,1-2H3,(H,14,16). The van der Waals surface area contributed by atoms with Gasteiger partial charge in [-0.15, -0.1) is 0 Å². The van der Waals surface area contributed by atoms with Crippen LogP contribution >= 0.6 is 0 Å². The minimum Gasteiger partial charge on any atom is -0.288 e. The summed E-state index contributed by atoms with van der Waals surface area (Å²) in [6, 6.07) is 8.63. The quantitative estimate of drug-likeness (QED) is 0.843. The lowest BCUT2D eigenvalue weighted by atomic mass is 10.0. The Kier molecular flexibility index (Phi) is 3.25. The highest BCUT2D eigenvalue weighted by Gasteiger charge is 2.30. The Morgan fingerprint density at radius 3 is 2.69 bits per heavy atom. The van der Waals surface area contributed by atoms with Crippen molar-refractivity contribution in [2.45, 2.75) is 32.7 Å². The van der Waals surface area contributed by atoms with Crippen LogP contribution in [0.15, 0.2) is 24.3 Å². The molecule has 1 aromatic rings. The molecular formula is C13H18N2O. The molecule has 0 aliphatic carbocycles. The first-order valence-corrected chi connectivity index (χ1v) is 5.83. The van der Waals surface area contributed by atoms with Crippen LogP contribution in [0, 0.1) is 6.92 Å². The van der Waals surface area contributed by atoms with Crippen LogP contribution in [0.3, 0.4) is 0 Å². The van der Waals surface area contributed by atoms with Gasteiger partial charge in [-0.3, -0.25) is 10.2 Å². The van der Waals surface area contributed by atoms with Crippen LogP contribution in [0.25, 0.3) is 0 Å². The summed E-state index contributed by atoms with van der Waals surface area (Å²) in [5.74, 6) is 0.124. The van der Waals surface area contributed by atoms with E-state index >= 15 is 0 Å². The van der Waals surface area contributed by atoms with Crippen molar-refractivity contribution in [3.63, 3.8) is 0 Å². The molecule has 16 heavy (non-hydrogen) atoms. The summed E-state index contributed by atoms with van der Waals surface area (Å²) in [7, 11) is 0. The SMILES string of the molecule is CCCN1NC(=O)CC1c1ccc(C)cc1. The number of carbonyl (C=O) groups excluding carboxylic acids is 1. The molecule has 1 heterocycles. The smallest absolute Gasteiger partial charge is 0.236 e. The summed E-state index contributed by atoms with van der Waals surface area (Å²) >= 11 is 0. The van der Waals surface area contributed by atoms with Crippen LogP contribution < -0.4 is 5.43 Å². The molecular weight excluding hydrogens is 200 g/mol. The first-order chi connectivity index (χ1) is 7.70. The number of rotatable bonds is 3. The molecule has 1 fully saturated rings. The number of aryl methyl sites for hydroxylation is 1. The van der Waals surface area contributed by atoms with Crippen molar-refractivity contribution in [1.82, 2.24) is 10.4 Å². The second-order valence-corrected chi connectivity index (χ2v) is 4.36. The number of hydrogen-bond donors (Lipinski definition) is 1. The van der Waals surface area contributed by atoms with Gasteiger partial charge in [0.1, 0.15) is 0 Å². The van der Waals surface area contributed by atoms with E-state index in [-0.39, 0.29) is 11.9 Å². The van der Waals surface area contributed by atoms with Gasteiger partial charge >= 0.3 is 0 Å². The van der Waals surface area contributed by atoms with Crippen molar-refractivity contribution >= 4 is 5.91 Å². The normalized spacial score (nSPS) is 21.1. The Hall–Kier alpha value is -1.35. The zero-order valence-corrected chi connectivity index (χ0v) is 9.86. The third-order valence-corrected chi connectivity index (χ3v) is 2.95. The summed E-state index contributed by atoms with van der Waals surface area (Å²) in [6.45, 7) is 5.10. The molecule has 1 amide bonds. The molecule has 1 atom stereocenters. The number of nitrogens with one attached hydrogen (secondary N) is 1. The molecule has 86 valence electrons. The zero-order chi connectivity index (χ0) is 11.5. The second-order valence-electron chi connectivity index (χ2n) is 4.36. The molecule has 3 heteroatoms. The largest absolute Gasteiger partial charge is 0.288 e. The Balaban J connectivity index is 2.18. The van der Waals surface area contributed by atoms with E-state index in [9.17, 15) is 4.79 Å². The lowest BCUT2D eigenvalue weighted by Gasteiger charge is -2.22.